The molecule has 1 heterocycles. The third kappa shape index (κ3) is 7.48. The molecule has 0 unspecified atom stereocenters. The van der Waals surface area contributed by atoms with Crippen molar-refractivity contribution in [1.29, 1.82) is 0 Å². The van der Waals surface area contributed by atoms with Crippen LogP contribution in [0, 0.1) is 5.92 Å². The third-order valence-electron chi connectivity index (χ3n) is 5.81. The van der Waals surface area contributed by atoms with E-state index in [9.17, 15) is 19.5 Å². The van der Waals surface area contributed by atoms with Crippen LogP contribution in [0.4, 0.5) is 0 Å². The highest BCUT2D eigenvalue weighted by atomic mass is 16.4. The highest BCUT2D eigenvalue weighted by Gasteiger charge is 2.31. The van der Waals surface area contributed by atoms with E-state index in [1.165, 1.54) is 0 Å². The van der Waals surface area contributed by atoms with Gasteiger partial charge in [0, 0.05) is 30.1 Å². The molecular formula is C23H35N7O4. The summed E-state index contributed by atoms with van der Waals surface area (Å²) in [4.78, 5) is 44.5. The SMILES string of the molecule is CC[C@H](C)[C@H](NC(=O)[C@@H](N)CCCN=C(N)N)C(=O)N[C@@H](Cc1c[nH]c2ccccc12)C(=O)O. The van der Waals surface area contributed by atoms with Gasteiger partial charge in [-0.2, -0.15) is 0 Å². The summed E-state index contributed by atoms with van der Waals surface area (Å²) in [5, 5.41) is 15.9. The Balaban J connectivity index is 2.06. The Morgan fingerprint density at radius 1 is 1.15 bits per heavy atom. The molecule has 11 heteroatoms. The van der Waals surface area contributed by atoms with Gasteiger partial charge in [0.1, 0.15) is 12.1 Å². The molecule has 1 aromatic carbocycles. The molecule has 4 atom stereocenters. The van der Waals surface area contributed by atoms with Gasteiger partial charge >= 0.3 is 5.97 Å². The first-order chi connectivity index (χ1) is 16.1. The smallest absolute Gasteiger partial charge is 0.326 e. The molecule has 0 bridgehead atoms. The summed E-state index contributed by atoms with van der Waals surface area (Å²) in [6.07, 6.45) is 3.26. The lowest BCUT2D eigenvalue weighted by atomic mass is 9.96. The number of para-hydroxylation sites is 1. The number of guanidine groups is 1. The minimum absolute atomic E-state index is 0.0350. The van der Waals surface area contributed by atoms with Crippen molar-refractivity contribution in [2.45, 2.75) is 57.7 Å². The van der Waals surface area contributed by atoms with Crippen LogP contribution < -0.4 is 27.8 Å². The largest absolute Gasteiger partial charge is 0.480 e. The fraction of sp³-hybridized carbons (Fsp3) is 0.478. The molecule has 0 aliphatic rings. The van der Waals surface area contributed by atoms with Crippen LogP contribution in [0.5, 0.6) is 0 Å². The maximum absolute atomic E-state index is 13.1. The summed E-state index contributed by atoms with van der Waals surface area (Å²) in [6, 6.07) is 4.58. The Labute approximate surface area is 198 Å². The van der Waals surface area contributed by atoms with E-state index in [0.29, 0.717) is 25.8 Å². The summed E-state index contributed by atoms with van der Waals surface area (Å²) in [5.74, 6) is -2.49. The Kier molecular flexibility index (Phi) is 9.87. The minimum atomic E-state index is -1.16. The number of benzene rings is 1. The molecule has 1 aromatic heterocycles. The average molecular weight is 474 g/mol. The Morgan fingerprint density at radius 3 is 2.50 bits per heavy atom. The fourth-order valence-electron chi connectivity index (χ4n) is 3.59. The van der Waals surface area contributed by atoms with Crippen LogP contribution >= 0.6 is 0 Å². The van der Waals surface area contributed by atoms with Crippen molar-refractivity contribution >= 4 is 34.6 Å². The maximum Gasteiger partial charge on any atom is 0.326 e. The lowest BCUT2D eigenvalue weighted by molar-refractivity contribution is -0.142. The number of carbonyl (C=O) groups is 3. The van der Waals surface area contributed by atoms with Gasteiger partial charge in [0.2, 0.25) is 11.8 Å². The van der Waals surface area contributed by atoms with Gasteiger partial charge in [-0.1, -0.05) is 38.5 Å². The number of fused-ring (bicyclic) bond motifs is 1. The molecule has 34 heavy (non-hydrogen) atoms. The van der Waals surface area contributed by atoms with Crippen molar-refractivity contribution in [3.05, 3.63) is 36.0 Å². The molecule has 186 valence electrons. The summed E-state index contributed by atoms with van der Waals surface area (Å²) >= 11 is 0. The molecule has 2 aromatic rings. The second-order valence-corrected chi connectivity index (χ2v) is 8.39. The van der Waals surface area contributed by atoms with Gasteiger partial charge in [-0.25, -0.2) is 4.79 Å². The fourth-order valence-corrected chi connectivity index (χ4v) is 3.59. The van der Waals surface area contributed by atoms with Crippen molar-refractivity contribution in [2.24, 2.45) is 28.1 Å². The van der Waals surface area contributed by atoms with Gasteiger partial charge in [-0.05, 0) is 30.4 Å². The molecule has 0 saturated carbocycles. The van der Waals surface area contributed by atoms with E-state index in [0.717, 1.165) is 16.5 Å². The molecule has 0 saturated heterocycles. The number of nitrogens with two attached hydrogens (primary N) is 3. The van der Waals surface area contributed by atoms with E-state index in [2.05, 4.69) is 20.6 Å². The second-order valence-electron chi connectivity index (χ2n) is 8.39. The lowest BCUT2D eigenvalue weighted by Gasteiger charge is -2.26. The molecular weight excluding hydrogens is 438 g/mol. The van der Waals surface area contributed by atoms with Crippen molar-refractivity contribution < 1.29 is 19.5 Å². The van der Waals surface area contributed by atoms with E-state index in [4.69, 9.17) is 17.2 Å². The highest BCUT2D eigenvalue weighted by molar-refractivity contribution is 5.92. The van der Waals surface area contributed by atoms with Crippen molar-refractivity contribution in [3.63, 3.8) is 0 Å². The first-order valence-corrected chi connectivity index (χ1v) is 11.3. The first-order valence-electron chi connectivity index (χ1n) is 11.3. The lowest BCUT2D eigenvalue weighted by Crippen LogP contribution is -2.57. The van der Waals surface area contributed by atoms with E-state index in [-0.39, 0.29) is 18.3 Å². The number of aromatic amines is 1. The number of nitrogens with one attached hydrogen (secondary N) is 3. The second kappa shape index (κ2) is 12.6. The van der Waals surface area contributed by atoms with Crippen LogP contribution in [0.25, 0.3) is 10.9 Å². The molecule has 0 aliphatic carbocycles. The van der Waals surface area contributed by atoms with Gasteiger partial charge in [-0.15, -0.1) is 0 Å². The first kappa shape index (κ1) is 26.7. The summed E-state index contributed by atoms with van der Waals surface area (Å²) in [7, 11) is 0. The van der Waals surface area contributed by atoms with Crippen molar-refractivity contribution in [3.8, 4) is 0 Å². The topological polar surface area (TPSA) is 202 Å². The Bertz CT molecular complexity index is 1020. The standard InChI is InChI=1S/C23H35N7O4/c1-3-13(2)19(30-20(31)16(24)8-6-10-27-23(25)26)21(32)29-18(22(33)34)11-14-12-28-17-9-5-4-7-15(14)17/h4-5,7,9,12-13,16,18-19,28H,3,6,8,10-11,24H2,1-2H3,(H,29,32)(H,30,31)(H,33,34)(H4,25,26,27)/t13-,16-,18-,19-/m0/s1. The van der Waals surface area contributed by atoms with Gasteiger partial charge in [0.05, 0.1) is 6.04 Å². The van der Waals surface area contributed by atoms with Crippen LogP contribution in [0.2, 0.25) is 0 Å². The quantitative estimate of drug-likeness (QED) is 0.122. The maximum atomic E-state index is 13.1. The van der Waals surface area contributed by atoms with Crippen LogP contribution in [-0.2, 0) is 20.8 Å². The number of H-pyrrole nitrogens is 1. The predicted octanol–water partition coefficient (Wildman–Crippen LogP) is 0.192. The summed E-state index contributed by atoms with van der Waals surface area (Å²) in [5.41, 5.74) is 18.2. The zero-order valence-electron chi connectivity index (χ0n) is 19.6. The third-order valence-corrected chi connectivity index (χ3v) is 5.81. The molecule has 0 spiro atoms. The number of carboxylic acids is 1. The molecule has 2 amide bonds. The van der Waals surface area contributed by atoms with Gasteiger partial charge in [0.15, 0.2) is 5.96 Å². The van der Waals surface area contributed by atoms with Gasteiger partial charge < -0.3 is 37.9 Å². The number of carboxylic acid groups (broad SMARTS) is 1. The van der Waals surface area contributed by atoms with Crippen LogP contribution in [0.1, 0.15) is 38.7 Å². The number of aromatic nitrogens is 1. The number of nitrogens with zero attached hydrogens (tertiary/aromatic N) is 1. The van der Waals surface area contributed by atoms with Gasteiger partial charge in [-0.3, -0.25) is 14.6 Å². The van der Waals surface area contributed by atoms with Crippen LogP contribution in [0.15, 0.2) is 35.5 Å². The predicted molar refractivity (Wildman–Crippen MR) is 131 cm³/mol. The normalized spacial score (nSPS) is 14.6. The minimum Gasteiger partial charge on any atom is -0.480 e. The van der Waals surface area contributed by atoms with E-state index in [1.807, 2.05) is 38.1 Å². The number of aliphatic imine (C=N–C) groups is 1. The molecule has 2 rings (SSSR count). The Hall–Kier alpha value is -3.60. The average Bonchev–Trinajstić information content (AvgIpc) is 3.21. The Morgan fingerprint density at radius 2 is 1.85 bits per heavy atom. The number of rotatable bonds is 13. The van der Waals surface area contributed by atoms with Gasteiger partial charge in [0.25, 0.3) is 0 Å². The van der Waals surface area contributed by atoms with Crippen molar-refractivity contribution in [2.75, 3.05) is 6.54 Å². The number of hydrogen-bond donors (Lipinski definition) is 7. The number of hydrogen-bond acceptors (Lipinski definition) is 5. The zero-order chi connectivity index (χ0) is 25.3. The molecule has 0 fully saturated rings. The number of carbonyl (C=O) groups excluding carboxylic acids is 2. The number of amides is 2. The van der Waals surface area contributed by atoms with E-state index >= 15 is 0 Å². The molecule has 0 radical (unpaired) electrons. The highest BCUT2D eigenvalue weighted by Crippen LogP contribution is 2.19. The van der Waals surface area contributed by atoms with Crippen LogP contribution in [-0.4, -0.2) is 58.5 Å². The summed E-state index contributed by atoms with van der Waals surface area (Å²) < 4.78 is 0. The van der Waals surface area contributed by atoms with E-state index in [1.54, 1.807) is 6.20 Å². The van der Waals surface area contributed by atoms with Crippen LogP contribution in [0.3, 0.4) is 0 Å². The molecule has 11 nitrogen and oxygen atoms in total. The summed E-state index contributed by atoms with van der Waals surface area (Å²) in [6.45, 7) is 4.03. The molecule has 10 N–H and O–H groups in total. The van der Waals surface area contributed by atoms with Crippen molar-refractivity contribution in [1.82, 2.24) is 15.6 Å². The zero-order valence-corrected chi connectivity index (χ0v) is 19.6. The number of aliphatic carboxylic acids is 1. The van der Waals surface area contributed by atoms with E-state index < -0.39 is 35.9 Å². The molecule has 0 aliphatic heterocycles. The monoisotopic (exact) mass is 473 g/mol.